The first-order chi connectivity index (χ1) is 15.4. The maximum Gasteiger partial charge on any atom is 0.416 e. The number of halogens is 4. The smallest absolute Gasteiger partial charge is 0.416 e. The molecule has 0 radical (unpaired) electrons. The van der Waals surface area contributed by atoms with Gasteiger partial charge in [-0.25, -0.2) is 4.79 Å². The van der Waals surface area contributed by atoms with Crippen LogP contribution in [0.1, 0.15) is 63.7 Å². The van der Waals surface area contributed by atoms with E-state index < -0.39 is 23.4 Å². The maximum atomic E-state index is 12.9. The van der Waals surface area contributed by atoms with E-state index in [4.69, 9.17) is 9.47 Å². The average Bonchev–Trinajstić information content (AvgIpc) is 2.72. The average molecular weight is 528 g/mol. The second-order valence-electron chi connectivity index (χ2n) is 9.21. The molecule has 2 aromatic carbocycles. The van der Waals surface area contributed by atoms with E-state index in [1.54, 1.807) is 4.90 Å². The number of rotatable bonds is 5. The Labute approximate surface area is 201 Å². The molecule has 1 heterocycles. The molecule has 2 unspecified atom stereocenters. The van der Waals surface area contributed by atoms with E-state index >= 15 is 0 Å². The molecule has 4 nitrogen and oxygen atoms in total. The number of ether oxygens (including phenoxy) is 2. The number of piperidine rings is 1. The molecule has 2 aromatic rings. The van der Waals surface area contributed by atoms with Crippen molar-refractivity contribution < 1.29 is 27.4 Å². The number of hydrogen-bond acceptors (Lipinski definition) is 3. The molecule has 33 heavy (non-hydrogen) atoms. The van der Waals surface area contributed by atoms with E-state index in [1.165, 1.54) is 12.1 Å². The Kier molecular flexibility index (Phi) is 7.98. The number of nitrogens with zero attached hydrogens (tertiary/aromatic N) is 1. The predicted octanol–water partition coefficient (Wildman–Crippen LogP) is 7.77. The van der Waals surface area contributed by atoms with Crippen LogP contribution in [0.25, 0.3) is 0 Å². The summed E-state index contributed by atoms with van der Waals surface area (Å²) in [6.07, 6.45) is -2.06. The van der Waals surface area contributed by atoms with Crippen LogP contribution in [0.15, 0.2) is 53.0 Å². The van der Waals surface area contributed by atoms with Crippen molar-refractivity contribution in [3.8, 4) is 5.75 Å². The minimum absolute atomic E-state index is 0.111. The lowest BCUT2D eigenvalue weighted by Crippen LogP contribution is -2.47. The lowest BCUT2D eigenvalue weighted by atomic mass is 9.94. The Morgan fingerprint density at radius 3 is 2.36 bits per heavy atom. The maximum absolute atomic E-state index is 12.9. The normalized spacial score (nSPS) is 18.0. The van der Waals surface area contributed by atoms with Crippen LogP contribution in [0.2, 0.25) is 0 Å². The molecule has 0 N–H and O–H groups in total. The molecule has 8 heteroatoms. The number of alkyl halides is 3. The van der Waals surface area contributed by atoms with Gasteiger partial charge in [0.2, 0.25) is 0 Å². The molecule has 180 valence electrons. The summed E-state index contributed by atoms with van der Waals surface area (Å²) in [5.41, 5.74) is -0.458. The van der Waals surface area contributed by atoms with Crippen LogP contribution in [-0.4, -0.2) is 29.2 Å². The third-order valence-corrected chi connectivity index (χ3v) is 6.18. The molecule has 1 saturated heterocycles. The molecule has 0 aromatic heterocycles. The van der Waals surface area contributed by atoms with Crippen molar-refractivity contribution in [1.82, 2.24) is 4.90 Å². The van der Waals surface area contributed by atoms with E-state index in [2.05, 4.69) is 15.9 Å². The fraction of sp³-hybridized carbons (Fsp3) is 0.480. The zero-order valence-electron chi connectivity index (χ0n) is 19.0. The SMILES string of the molecule is CC(C)(C)OC(=O)N1CCCCC1CC(Oc1ccc(C(F)(F)F)cc1)c1ccccc1Br. The van der Waals surface area contributed by atoms with Crippen LogP contribution in [0.5, 0.6) is 5.75 Å². The molecule has 1 aliphatic heterocycles. The topological polar surface area (TPSA) is 38.8 Å². The fourth-order valence-electron chi connectivity index (χ4n) is 3.92. The fourth-order valence-corrected chi connectivity index (χ4v) is 4.46. The Morgan fingerprint density at radius 2 is 1.76 bits per heavy atom. The van der Waals surface area contributed by atoms with Gasteiger partial charge >= 0.3 is 12.3 Å². The van der Waals surface area contributed by atoms with Crippen molar-refractivity contribution in [2.75, 3.05) is 6.54 Å². The molecule has 1 amide bonds. The highest BCUT2D eigenvalue weighted by Crippen LogP contribution is 2.36. The van der Waals surface area contributed by atoms with E-state index in [9.17, 15) is 18.0 Å². The van der Waals surface area contributed by atoms with Crippen molar-refractivity contribution >= 4 is 22.0 Å². The Balaban J connectivity index is 1.85. The lowest BCUT2D eigenvalue weighted by molar-refractivity contribution is -0.137. The van der Waals surface area contributed by atoms with Gasteiger partial charge in [0, 0.05) is 29.0 Å². The second kappa shape index (κ2) is 10.4. The van der Waals surface area contributed by atoms with Gasteiger partial charge in [-0.3, -0.25) is 0 Å². The molecule has 2 atom stereocenters. The standard InChI is InChI=1S/C25H29BrF3NO3/c1-24(2,3)33-23(31)30-15-7-6-8-18(30)16-22(20-9-4-5-10-21(20)26)32-19-13-11-17(12-14-19)25(27,28)29/h4-5,9-14,18,22H,6-8,15-16H2,1-3H3. The number of benzene rings is 2. The Morgan fingerprint density at radius 1 is 1.09 bits per heavy atom. The number of carbonyl (C=O) groups is 1. The van der Waals surface area contributed by atoms with Gasteiger partial charge in [-0.05, 0) is 70.4 Å². The molecule has 0 aliphatic carbocycles. The summed E-state index contributed by atoms with van der Waals surface area (Å²) in [5, 5.41) is 0. The van der Waals surface area contributed by atoms with Gasteiger partial charge in [0.15, 0.2) is 0 Å². The molecule has 0 bridgehead atoms. The molecule has 1 fully saturated rings. The lowest BCUT2D eigenvalue weighted by Gasteiger charge is -2.38. The largest absolute Gasteiger partial charge is 0.486 e. The summed E-state index contributed by atoms with van der Waals surface area (Å²) in [7, 11) is 0. The molecule has 1 aliphatic rings. The summed E-state index contributed by atoms with van der Waals surface area (Å²) in [5.74, 6) is 0.336. The highest BCUT2D eigenvalue weighted by molar-refractivity contribution is 9.10. The number of likely N-dealkylation sites (tertiary alicyclic amines) is 1. The summed E-state index contributed by atoms with van der Waals surface area (Å²) >= 11 is 3.56. The third kappa shape index (κ3) is 7.13. The van der Waals surface area contributed by atoms with E-state index in [0.29, 0.717) is 18.7 Å². The zero-order chi connectivity index (χ0) is 24.2. The first-order valence-corrected chi connectivity index (χ1v) is 11.8. The predicted molar refractivity (Wildman–Crippen MR) is 124 cm³/mol. The number of hydrogen-bond donors (Lipinski definition) is 0. The highest BCUT2D eigenvalue weighted by Gasteiger charge is 2.34. The van der Waals surface area contributed by atoms with Gasteiger partial charge in [-0.15, -0.1) is 0 Å². The van der Waals surface area contributed by atoms with Crippen molar-refractivity contribution in [2.24, 2.45) is 0 Å². The number of amides is 1. The van der Waals surface area contributed by atoms with Crippen molar-refractivity contribution in [3.05, 3.63) is 64.1 Å². The van der Waals surface area contributed by atoms with E-state index in [1.807, 2.05) is 45.0 Å². The van der Waals surface area contributed by atoms with Crippen LogP contribution in [0.4, 0.5) is 18.0 Å². The van der Waals surface area contributed by atoms with Gasteiger partial charge in [0.05, 0.1) is 5.56 Å². The minimum atomic E-state index is -4.41. The molecule has 3 rings (SSSR count). The molecular weight excluding hydrogens is 499 g/mol. The van der Waals surface area contributed by atoms with Crippen LogP contribution in [0, 0.1) is 0 Å². The second-order valence-corrected chi connectivity index (χ2v) is 10.1. The van der Waals surface area contributed by atoms with Crippen molar-refractivity contribution in [2.45, 2.75) is 70.4 Å². The van der Waals surface area contributed by atoms with E-state index in [0.717, 1.165) is 41.4 Å². The zero-order valence-corrected chi connectivity index (χ0v) is 20.6. The summed E-state index contributed by atoms with van der Waals surface area (Å²) in [6, 6.07) is 12.2. The third-order valence-electron chi connectivity index (χ3n) is 5.45. The van der Waals surface area contributed by atoms with Gasteiger partial charge < -0.3 is 14.4 Å². The van der Waals surface area contributed by atoms with Crippen molar-refractivity contribution in [3.63, 3.8) is 0 Å². The van der Waals surface area contributed by atoms with Gasteiger partial charge in [-0.2, -0.15) is 13.2 Å². The Bertz CT molecular complexity index is 941. The van der Waals surface area contributed by atoms with Gasteiger partial charge in [-0.1, -0.05) is 34.1 Å². The first kappa shape index (κ1) is 25.4. The van der Waals surface area contributed by atoms with Gasteiger partial charge in [0.25, 0.3) is 0 Å². The monoisotopic (exact) mass is 527 g/mol. The Hall–Kier alpha value is -2.22. The van der Waals surface area contributed by atoms with Crippen molar-refractivity contribution in [1.29, 1.82) is 0 Å². The van der Waals surface area contributed by atoms with Crippen LogP contribution in [0.3, 0.4) is 0 Å². The molecule has 0 saturated carbocycles. The van der Waals surface area contributed by atoms with Crippen LogP contribution < -0.4 is 4.74 Å². The van der Waals surface area contributed by atoms with Gasteiger partial charge in [0.1, 0.15) is 17.5 Å². The number of carbonyl (C=O) groups excluding carboxylic acids is 1. The quantitative estimate of drug-likeness (QED) is 0.398. The molecular formula is C25H29BrF3NO3. The minimum Gasteiger partial charge on any atom is -0.486 e. The molecule has 0 spiro atoms. The summed E-state index contributed by atoms with van der Waals surface area (Å²) in [4.78, 5) is 14.6. The van der Waals surface area contributed by atoms with Crippen LogP contribution in [-0.2, 0) is 10.9 Å². The first-order valence-electron chi connectivity index (χ1n) is 11.0. The highest BCUT2D eigenvalue weighted by atomic mass is 79.9. The summed E-state index contributed by atoms with van der Waals surface area (Å²) in [6.45, 7) is 6.10. The summed E-state index contributed by atoms with van der Waals surface area (Å²) < 4.78 is 51.5. The van der Waals surface area contributed by atoms with Crippen LogP contribution >= 0.6 is 15.9 Å². The van der Waals surface area contributed by atoms with E-state index in [-0.39, 0.29) is 12.1 Å².